The summed E-state index contributed by atoms with van der Waals surface area (Å²) in [5.74, 6) is 1.14. The molecule has 2 fully saturated rings. The minimum absolute atomic E-state index is 0.256. The molecule has 2 N–H and O–H groups in total. The lowest BCUT2D eigenvalue weighted by molar-refractivity contribution is 0.0880. The third kappa shape index (κ3) is 4.23. The Bertz CT molecular complexity index is 1420. The Labute approximate surface area is 211 Å². The van der Waals surface area contributed by atoms with E-state index in [0.29, 0.717) is 23.0 Å². The first-order valence-corrected chi connectivity index (χ1v) is 12.7. The van der Waals surface area contributed by atoms with Crippen molar-refractivity contribution in [2.75, 3.05) is 45.5 Å². The molecule has 6 rings (SSSR count). The average Bonchev–Trinajstić information content (AvgIpc) is 3.22. The van der Waals surface area contributed by atoms with E-state index in [-0.39, 0.29) is 6.04 Å². The van der Waals surface area contributed by atoms with Gasteiger partial charge in [-0.15, -0.1) is 0 Å². The number of nitrogens with two attached hydrogens (primary N) is 1. The molecule has 1 saturated heterocycles. The Morgan fingerprint density at radius 1 is 0.972 bits per heavy atom. The summed E-state index contributed by atoms with van der Waals surface area (Å²) < 4.78 is 1.90. The van der Waals surface area contributed by atoms with Crippen LogP contribution < -0.4 is 5.73 Å². The standard InChI is InChI=1S/C29H31N7/c1-34-11-13-35(14-12-34)19-20-15-24(16-20)36-29(31)25(18-30)28(33-36)23-8-7-22-9-10-26(32-27(22)17-23)21-5-3-2-4-6-21/h2-10,17,20,24H,11-16,19,31H2,1H3. The molecule has 0 radical (unpaired) electrons. The minimum Gasteiger partial charge on any atom is -0.383 e. The lowest BCUT2D eigenvalue weighted by Crippen LogP contribution is -2.47. The molecular weight excluding hydrogens is 446 g/mol. The average molecular weight is 478 g/mol. The molecule has 3 heterocycles. The second-order valence-corrected chi connectivity index (χ2v) is 10.2. The van der Waals surface area contributed by atoms with Crippen molar-refractivity contribution in [1.29, 1.82) is 5.26 Å². The molecule has 1 saturated carbocycles. The van der Waals surface area contributed by atoms with Gasteiger partial charge in [-0.25, -0.2) is 9.67 Å². The lowest BCUT2D eigenvalue weighted by atomic mass is 9.80. The Hall–Kier alpha value is -3.73. The number of pyridine rings is 1. The number of hydrogen-bond acceptors (Lipinski definition) is 6. The topological polar surface area (TPSA) is 87.0 Å². The molecule has 36 heavy (non-hydrogen) atoms. The van der Waals surface area contributed by atoms with Crippen molar-refractivity contribution in [3.05, 3.63) is 66.2 Å². The van der Waals surface area contributed by atoms with Crippen molar-refractivity contribution in [3.8, 4) is 28.6 Å². The van der Waals surface area contributed by atoms with E-state index in [1.807, 2.05) is 47.1 Å². The fraction of sp³-hybridized carbons (Fsp3) is 0.345. The highest BCUT2D eigenvalue weighted by molar-refractivity contribution is 5.87. The van der Waals surface area contributed by atoms with Crippen LogP contribution >= 0.6 is 0 Å². The van der Waals surface area contributed by atoms with Crippen molar-refractivity contribution in [2.24, 2.45) is 5.92 Å². The normalized spacial score (nSPS) is 20.8. The van der Waals surface area contributed by atoms with Crippen LogP contribution in [0.15, 0.2) is 60.7 Å². The maximum Gasteiger partial charge on any atom is 0.140 e. The monoisotopic (exact) mass is 477 g/mol. The number of anilines is 1. The fourth-order valence-corrected chi connectivity index (χ4v) is 5.52. The number of nitrogens with zero attached hydrogens (tertiary/aromatic N) is 6. The molecule has 0 unspecified atom stereocenters. The van der Waals surface area contributed by atoms with Crippen molar-refractivity contribution in [2.45, 2.75) is 18.9 Å². The predicted octanol–water partition coefficient (Wildman–Crippen LogP) is 4.42. The zero-order chi connectivity index (χ0) is 24.6. The van der Waals surface area contributed by atoms with Crippen LogP contribution in [-0.2, 0) is 0 Å². The summed E-state index contributed by atoms with van der Waals surface area (Å²) in [6, 6.07) is 22.9. The molecule has 0 atom stereocenters. The summed E-state index contributed by atoms with van der Waals surface area (Å²) in [6.07, 6.45) is 2.12. The van der Waals surface area contributed by atoms with Gasteiger partial charge in [0.1, 0.15) is 23.1 Å². The van der Waals surface area contributed by atoms with E-state index in [4.69, 9.17) is 15.8 Å². The SMILES string of the molecule is CN1CCN(CC2CC(n3nc(-c4ccc5ccc(-c6ccccc6)nc5c4)c(C#N)c3N)C2)CC1. The largest absolute Gasteiger partial charge is 0.383 e. The Morgan fingerprint density at radius 2 is 1.72 bits per heavy atom. The van der Waals surface area contributed by atoms with E-state index < -0.39 is 0 Å². The van der Waals surface area contributed by atoms with Crippen LogP contribution in [0, 0.1) is 17.2 Å². The Morgan fingerprint density at radius 3 is 2.47 bits per heavy atom. The number of nitriles is 1. The van der Waals surface area contributed by atoms with Crippen molar-refractivity contribution < 1.29 is 0 Å². The smallest absolute Gasteiger partial charge is 0.140 e. The molecule has 1 aliphatic heterocycles. The number of benzene rings is 2. The molecule has 2 aliphatic rings. The van der Waals surface area contributed by atoms with Gasteiger partial charge in [0.15, 0.2) is 0 Å². The Kier molecular flexibility index (Phi) is 5.92. The molecule has 7 nitrogen and oxygen atoms in total. The molecular formula is C29H31N7. The van der Waals surface area contributed by atoms with Crippen molar-refractivity contribution >= 4 is 16.7 Å². The zero-order valence-electron chi connectivity index (χ0n) is 20.6. The summed E-state index contributed by atoms with van der Waals surface area (Å²) in [7, 11) is 2.19. The van der Waals surface area contributed by atoms with Crippen LogP contribution in [-0.4, -0.2) is 64.3 Å². The van der Waals surface area contributed by atoms with Crippen LogP contribution in [0.3, 0.4) is 0 Å². The van der Waals surface area contributed by atoms with Gasteiger partial charge < -0.3 is 15.5 Å². The minimum atomic E-state index is 0.256. The van der Waals surface area contributed by atoms with Crippen LogP contribution in [0.2, 0.25) is 0 Å². The molecule has 7 heteroatoms. The van der Waals surface area contributed by atoms with Crippen molar-refractivity contribution in [1.82, 2.24) is 24.6 Å². The summed E-state index contributed by atoms with van der Waals surface area (Å²) in [5.41, 5.74) is 11.3. The zero-order valence-corrected chi connectivity index (χ0v) is 20.6. The number of piperazine rings is 1. The van der Waals surface area contributed by atoms with E-state index in [1.165, 1.54) is 0 Å². The number of hydrogen-bond donors (Lipinski definition) is 1. The molecule has 2 aromatic heterocycles. The summed E-state index contributed by atoms with van der Waals surface area (Å²) in [5, 5.41) is 15.9. The van der Waals surface area contributed by atoms with Crippen LogP contribution in [0.25, 0.3) is 33.4 Å². The number of likely N-dealkylation sites (N-methyl/N-ethyl adjacent to an activating group) is 1. The highest BCUT2D eigenvalue weighted by Gasteiger charge is 2.35. The van der Waals surface area contributed by atoms with Gasteiger partial charge in [-0.3, -0.25) is 0 Å². The van der Waals surface area contributed by atoms with E-state index in [0.717, 1.165) is 73.3 Å². The van der Waals surface area contributed by atoms with Gasteiger partial charge in [0.05, 0.1) is 17.3 Å². The van der Waals surface area contributed by atoms with Gasteiger partial charge >= 0.3 is 0 Å². The van der Waals surface area contributed by atoms with Gasteiger partial charge in [0, 0.05) is 49.2 Å². The van der Waals surface area contributed by atoms with Crippen LogP contribution in [0.5, 0.6) is 0 Å². The van der Waals surface area contributed by atoms with Gasteiger partial charge in [-0.1, -0.05) is 48.5 Å². The molecule has 182 valence electrons. The number of fused-ring (bicyclic) bond motifs is 1. The summed E-state index contributed by atoms with van der Waals surface area (Å²) in [4.78, 5) is 9.86. The maximum atomic E-state index is 9.93. The quantitative estimate of drug-likeness (QED) is 0.458. The fourth-order valence-electron chi connectivity index (χ4n) is 5.52. The predicted molar refractivity (Wildman–Crippen MR) is 143 cm³/mol. The molecule has 1 aliphatic carbocycles. The third-order valence-electron chi connectivity index (χ3n) is 7.76. The van der Waals surface area contributed by atoms with Crippen LogP contribution in [0.1, 0.15) is 24.4 Å². The molecule has 0 amide bonds. The van der Waals surface area contributed by atoms with E-state index in [2.05, 4.69) is 41.1 Å². The first kappa shape index (κ1) is 22.7. The third-order valence-corrected chi connectivity index (χ3v) is 7.76. The second-order valence-electron chi connectivity index (χ2n) is 10.2. The molecule has 2 aromatic carbocycles. The molecule has 0 spiro atoms. The first-order valence-electron chi connectivity index (χ1n) is 12.7. The second kappa shape index (κ2) is 9.38. The van der Waals surface area contributed by atoms with E-state index >= 15 is 0 Å². The number of aromatic nitrogens is 3. The Balaban J connectivity index is 1.24. The highest BCUT2D eigenvalue weighted by atomic mass is 15.3. The maximum absolute atomic E-state index is 9.93. The summed E-state index contributed by atoms with van der Waals surface area (Å²) in [6.45, 7) is 5.72. The molecule has 4 aromatic rings. The molecule has 0 bridgehead atoms. The van der Waals surface area contributed by atoms with Gasteiger partial charge in [-0.05, 0) is 37.9 Å². The van der Waals surface area contributed by atoms with Gasteiger partial charge in [-0.2, -0.15) is 10.4 Å². The van der Waals surface area contributed by atoms with Gasteiger partial charge in [0.2, 0.25) is 0 Å². The van der Waals surface area contributed by atoms with Gasteiger partial charge in [0.25, 0.3) is 0 Å². The highest BCUT2D eigenvalue weighted by Crippen LogP contribution is 2.41. The van der Waals surface area contributed by atoms with Crippen LogP contribution in [0.4, 0.5) is 5.82 Å². The summed E-state index contributed by atoms with van der Waals surface area (Å²) >= 11 is 0. The number of nitrogen functional groups attached to an aromatic ring is 1. The van der Waals surface area contributed by atoms with E-state index in [1.54, 1.807) is 0 Å². The first-order chi connectivity index (χ1) is 17.6. The van der Waals surface area contributed by atoms with E-state index in [9.17, 15) is 5.26 Å². The number of rotatable bonds is 5. The van der Waals surface area contributed by atoms with Crippen molar-refractivity contribution in [3.63, 3.8) is 0 Å². The lowest BCUT2D eigenvalue weighted by Gasteiger charge is -2.41.